The van der Waals surface area contributed by atoms with E-state index in [1.165, 1.54) is 0 Å². The van der Waals surface area contributed by atoms with Crippen LogP contribution in [0.1, 0.15) is 38.8 Å². The molecule has 1 atom stereocenters. The van der Waals surface area contributed by atoms with Crippen LogP contribution in [-0.4, -0.2) is 39.0 Å². The smallest absolute Gasteiger partial charge is 0.333 e. The summed E-state index contributed by atoms with van der Waals surface area (Å²) in [5.41, 5.74) is 0.597. The molecule has 1 fully saturated rings. The van der Waals surface area contributed by atoms with E-state index in [1.807, 2.05) is 18.7 Å². The highest BCUT2D eigenvalue weighted by atomic mass is 16.6. The molecule has 21 heavy (non-hydrogen) atoms. The van der Waals surface area contributed by atoms with Crippen LogP contribution in [-0.2, 0) is 6.54 Å². The molecule has 1 aromatic rings. The summed E-state index contributed by atoms with van der Waals surface area (Å²) in [7, 11) is 0. The molecule has 2 rings (SSSR count). The molecule has 7 heteroatoms. The lowest BCUT2D eigenvalue weighted by atomic mass is 9.92. The molecule has 0 saturated carbocycles. The lowest BCUT2D eigenvalue weighted by molar-refractivity contribution is -0.384. The molecular weight excluding hydrogens is 272 g/mol. The van der Waals surface area contributed by atoms with Gasteiger partial charge in [0.15, 0.2) is 0 Å². The van der Waals surface area contributed by atoms with E-state index in [2.05, 4.69) is 5.10 Å². The van der Waals surface area contributed by atoms with Gasteiger partial charge in [-0.25, -0.2) is 4.68 Å². The normalized spacial score (nSPS) is 18.0. The Balaban J connectivity index is 2.28. The molecule has 1 aliphatic rings. The predicted molar refractivity (Wildman–Crippen MR) is 80.5 cm³/mol. The summed E-state index contributed by atoms with van der Waals surface area (Å²) >= 11 is 0. The van der Waals surface area contributed by atoms with Gasteiger partial charge in [0.2, 0.25) is 5.82 Å². The van der Waals surface area contributed by atoms with E-state index in [4.69, 9.17) is 0 Å². The van der Waals surface area contributed by atoms with Crippen molar-refractivity contribution in [1.29, 1.82) is 0 Å². The number of anilines is 1. The third-order valence-corrected chi connectivity index (χ3v) is 4.21. The minimum Gasteiger partial charge on any atom is -0.393 e. The van der Waals surface area contributed by atoms with Gasteiger partial charge in [-0.2, -0.15) is 5.10 Å². The van der Waals surface area contributed by atoms with Crippen molar-refractivity contribution < 1.29 is 10.0 Å². The first-order valence-corrected chi connectivity index (χ1v) is 7.60. The predicted octanol–water partition coefficient (Wildman–Crippen LogP) is 2.11. The molecular formula is C14H24N4O3. The van der Waals surface area contributed by atoms with Crippen LogP contribution in [0.15, 0.2) is 0 Å². The Morgan fingerprint density at radius 1 is 1.48 bits per heavy atom. The zero-order valence-corrected chi connectivity index (χ0v) is 12.9. The highest BCUT2D eigenvalue weighted by Gasteiger charge is 2.32. The Morgan fingerprint density at radius 2 is 2.10 bits per heavy atom. The van der Waals surface area contributed by atoms with Crippen LogP contribution >= 0.6 is 0 Å². The summed E-state index contributed by atoms with van der Waals surface area (Å²) in [6.07, 6.45) is 2.27. The van der Waals surface area contributed by atoms with Gasteiger partial charge in [0.1, 0.15) is 5.69 Å². The molecule has 7 nitrogen and oxygen atoms in total. The van der Waals surface area contributed by atoms with Crippen molar-refractivity contribution in [2.45, 2.75) is 52.7 Å². The summed E-state index contributed by atoms with van der Waals surface area (Å²) in [4.78, 5) is 13.1. The molecule has 1 saturated heterocycles. The number of aromatic nitrogens is 2. The van der Waals surface area contributed by atoms with Crippen LogP contribution < -0.4 is 4.90 Å². The summed E-state index contributed by atoms with van der Waals surface area (Å²) in [5.74, 6) is 0.910. The summed E-state index contributed by atoms with van der Waals surface area (Å²) in [5, 5.41) is 25.4. The topological polar surface area (TPSA) is 84.4 Å². The summed E-state index contributed by atoms with van der Waals surface area (Å²) in [6.45, 7) is 7.67. The third kappa shape index (κ3) is 3.18. The molecule has 0 aromatic carbocycles. The van der Waals surface area contributed by atoms with Crippen LogP contribution in [0.25, 0.3) is 0 Å². The van der Waals surface area contributed by atoms with E-state index in [-0.39, 0.29) is 22.6 Å². The van der Waals surface area contributed by atoms with Gasteiger partial charge in [-0.1, -0.05) is 6.92 Å². The van der Waals surface area contributed by atoms with E-state index < -0.39 is 0 Å². The molecule has 0 amide bonds. The number of aryl methyl sites for hydroxylation is 2. The maximum Gasteiger partial charge on any atom is 0.333 e. The van der Waals surface area contributed by atoms with E-state index in [0.717, 1.165) is 32.4 Å². The van der Waals surface area contributed by atoms with Crippen LogP contribution in [0.5, 0.6) is 0 Å². The van der Waals surface area contributed by atoms with E-state index in [9.17, 15) is 15.2 Å². The van der Waals surface area contributed by atoms with Crippen molar-refractivity contribution in [2.24, 2.45) is 5.92 Å². The first-order valence-electron chi connectivity index (χ1n) is 7.60. The SMILES string of the molecule is CCCn1nc(C)c([N+](=O)[O-])c1N1CCC(C(C)O)CC1. The Bertz CT molecular complexity index is 505. The second kappa shape index (κ2) is 6.43. The van der Waals surface area contributed by atoms with Crippen LogP contribution in [0.4, 0.5) is 11.5 Å². The number of hydrogen-bond acceptors (Lipinski definition) is 5. The van der Waals surface area contributed by atoms with Gasteiger partial charge in [-0.05, 0) is 39.0 Å². The first-order chi connectivity index (χ1) is 9.95. The minimum absolute atomic E-state index is 0.124. The molecule has 0 spiro atoms. The first kappa shape index (κ1) is 15.8. The third-order valence-electron chi connectivity index (χ3n) is 4.21. The van der Waals surface area contributed by atoms with Crippen LogP contribution in [0, 0.1) is 23.0 Å². The number of aliphatic hydroxyl groups is 1. The van der Waals surface area contributed by atoms with Crippen molar-refractivity contribution in [3.8, 4) is 0 Å². The van der Waals surface area contributed by atoms with E-state index in [0.29, 0.717) is 18.1 Å². The van der Waals surface area contributed by atoms with Crippen molar-refractivity contribution in [3.63, 3.8) is 0 Å². The van der Waals surface area contributed by atoms with E-state index in [1.54, 1.807) is 11.6 Å². The maximum atomic E-state index is 11.4. The van der Waals surface area contributed by atoms with Gasteiger partial charge in [0.25, 0.3) is 0 Å². The number of aliphatic hydroxyl groups excluding tert-OH is 1. The molecule has 2 heterocycles. The van der Waals surface area contributed by atoms with Crippen LogP contribution in [0.2, 0.25) is 0 Å². The van der Waals surface area contributed by atoms with Gasteiger partial charge < -0.3 is 10.0 Å². The van der Waals surface area contributed by atoms with Crippen molar-refractivity contribution >= 4 is 11.5 Å². The van der Waals surface area contributed by atoms with Gasteiger partial charge in [0.05, 0.1) is 11.0 Å². The second-order valence-electron chi connectivity index (χ2n) is 5.80. The average molecular weight is 296 g/mol. The number of nitrogens with zero attached hydrogens (tertiary/aromatic N) is 4. The summed E-state index contributed by atoms with van der Waals surface area (Å²) < 4.78 is 1.76. The van der Waals surface area contributed by atoms with Gasteiger partial charge in [0, 0.05) is 19.6 Å². The Hall–Kier alpha value is -1.63. The fourth-order valence-electron chi connectivity index (χ4n) is 3.05. The molecule has 0 radical (unpaired) electrons. The quantitative estimate of drug-likeness (QED) is 0.664. The largest absolute Gasteiger partial charge is 0.393 e. The highest BCUT2D eigenvalue weighted by molar-refractivity contribution is 5.61. The van der Waals surface area contributed by atoms with Crippen molar-refractivity contribution in [1.82, 2.24) is 9.78 Å². The molecule has 1 aromatic heterocycles. The van der Waals surface area contributed by atoms with Gasteiger partial charge in [-0.3, -0.25) is 10.1 Å². The molecule has 0 bridgehead atoms. The highest BCUT2D eigenvalue weighted by Crippen LogP contribution is 2.34. The molecule has 1 N–H and O–H groups in total. The van der Waals surface area contributed by atoms with E-state index >= 15 is 0 Å². The monoisotopic (exact) mass is 296 g/mol. The number of hydrogen-bond donors (Lipinski definition) is 1. The van der Waals surface area contributed by atoms with Gasteiger partial charge in [-0.15, -0.1) is 0 Å². The standard InChI is InChI=1S/C14H24N4O3/c1-4-7-17-14(13(18(20)21)10(2)15-17)16-8-5-12(6-9-16)11(3)19/h11-12,19H,4-9H2,1-3H3. The molecule has 0 aliphatic carbocycles. The van der Waals surface area contributed by atoms with Crippen LogP contribution in [0.3, 0.4) is 0 Å². The lowest BCUT2D eigenvalue weighted by Gasteiger charge is -2.34. The number of piperidine rings is 1. The van der Waals surface area contributed by atoms with Crippen molar-refractivity contribution in [2.75, 3.05) is 18.0 Å². The fourth-order valence-corrected chi connectivity index (χ4v) is 3.05. The Kier molecular flexibility index (Phi) is 4.82. The fraction of sp³-hybridized carbons (Fsp3) is 0.786. The Morgan fingerprint density at radius 3 is 2.57 bits per heavy atom. The number of rotatable bonds is 5. The molecule has 1 unspecified atom stereocenters. The lowest BCUT2D eigenvalue weighted by Crippen LogP contribution is -2.38. The maximum absolute atomic E-state index is 11.4. The molecule has 118 valence electrons. The summed E-state index contributed by atoms with van der Waals surface area (Å²) in [6, 6.07) is 0. The Labute approximate surface area is 124 Å². The molecule has 1 aliphatic heterocycles. The zero-order valence-electron chi connectivity index (χ0n) is 12.9. The second-order valence-corrected chi connectivity index (χ2v) is 5.80. The number of nitro groups is 1. The van der Waals surface area contributed by atoms with Crippen molar-refractivity contribution in [3.05, 3.63) is 15.8 Å². The zero-order chi connectivity index (χ0) is 15.6. The average Bonchev–Trinajstić information content (AvgIpc) is 2.76. The van der Waals surface area contributed by atoms with Gasteiger partial charge >= 0.3 is 5.69 Å². The minimum atomic E-state index is -0.329.